The Morgan fingerprint density at radius 1 is 1.47 bits per heavy atom. The summed E-state index contributed by atoms with van der Waals surface area (Å²) in [4.78, 5) is 24.7. The molecule has 0 saturated heterocycles. The molecule has 1 aliphatic rings. The van der Waals surface area contributed by atoms with E-state index in [2.05, 4.69) is 10.2 Å². The second-order valence-electron chi connectivity index (χ2n) is 4.68. The number of amides is 1. The summed E-state index contributed by atoms with van der Waals surface area (Å²) in [5, 5.41) is 5.35. The number of fused-ring (bicyclic) bond motifs is 1. The smallest absolute Gasteiger partial charge is 0.410 e. The van der Waals surface area contributed by atoms with Crippen LogP contribution in [0.5, 0.6) is 0 Å². The Morgan fingerprint density at radius 2 is 2.24 bits per heavy atom. The van der Waals surface area contributed by atoms with Crippen molar-refractivity contribution in [1.82, 2.24) is 15.1 Å². The zero-order valence-electron chi connectivity index (χ0n) is 10.1. The molecule has 2 N–H and O–H groups in total. The number of nitrogens with zero attached hydrogens (tertiary/aromatic N) is 1. The van der Waals surface area contributed by atoms with E-state index in [9.17, 15) is 9.59 Å². The molecule has 0 atom stereocenters. The fourth-order valence-electron chi connectivity index (χ4n) is 1.80. The van der Waals surface area contributed by atoms with E-state index in [1.165, 1.54) is 0 Å². The lowest BCUT2D eigenvalue weighted by Crippen LogP contribution is -2.38. The van der Waals surface area contributed by atoms with E-state index in [1.807, 2.05) is 13.8 Å². The molecule has 0 saturated carbocycles. The zero-order chi connectivity index (χ0) is 12.4. The van der Waals surface area contributed by atoms with Crippen molar-refractivity contribution in [3.8, 4) is 0 Å². The van der Waals surface area contributed by atoms with E-state index in [0.29, 0.717) is 37.6 Å². The summed E-state index contributed by atoms with van der Waals surface area (Å²) in [6, 6.07) is 0. The predicted octanol–water partition coefficient (Wildman–Crippen LogP) is 0.854. The summed E-state index contributed by atoms with van der Waals surface area (Å²) in [6.45, 7) is 5.28. The Morgan fingerprint density at radius 3 is 2.94 bits per heavy atom. The van der Waals surface area contributed by atoms with Crippen molar-refractivity contribution in [2.75, 3.05) is 13.2 Å². The van der Waals surface area contributed by atoms with E-state index in [1.54, 1.807) is 4.90 Å². The number of carbonyl (C=O) groups is 1. The third-order valence-corrected chi connectivity index (χ3v) is 2.74. The van der Waals surface area contributed by atoms with Crippen LogP contribution in [0, 0.1) is 5.92 Å². The van der Waals surface area contributed by atoms with E-state index >= 15 is 0 Å². The Bertz CT molecular complexity index is 461. The first-order valence-corrected chi connectivity index (χ1v) is 5.78. The van der Waals surface area contributed by atoms with Gasteiger partial charge in [0.2, 0.25) is 0 Å². The van der Waals surface area contributed by atoms with Crippen LogP contribution in [0.4, 0.5) is 4.79 Å². The maximum Gasteiger partial charge on any atom is 0.410 e. The molecular weight excluding hydrogens is 222 g/mol. The minimum Gasteiger partial charge on any atom is -0.449 e. The van der Waals surface area contributed by atoms with E-state index in [0.717, 1.165) is 5.69 Å². The Hall–Kier alpha value is -1.72. The Balaban J connectivity index is 1.99. The fraction of sp³-hybridized carbons (Fsp3) is 0.636. The molecule has 0 bridgehead atoms. The highest BCUT2D eigenvalue weighted by atomic mass is 16.6. The molecule has 2 heterocycles. The van der Waals surface area contributed by atoms with Crippen LogP contribution in [0.15, 0.2) is 4.79 Å². The topological polar surface area (TPSA) is 78.2 Å². The molecule has 0 spiro atoms. The van der Waals surface area contributed by atoms with Gasteiger partial charge >= 0.3 is 6.09 Å². The first-order valence-electron chi connectivity index (χ1n) is 5.78. The highest BCUT2D eigenvalue weighted by molar-refractivity contribution is 5.68. The van der Waals surface area contributed by atoms with Gasteiger partial charge in [0.05, 0.1) is 18.7 Å². The van der Waals surface area contributed by atoms with Crippen molar-refractivity contribution in [3.63, 3.8) is 0 Å². The molecule has 6 heteroatoms. The number of aromatic nitrogens is 2. The minimum absolute atomic E-state index is 0.152. The summed E-state index contributed by atoms with van der Waals surface area (Å²) in [7, 11) is 0. The normalized spacial score (nSPS) is 14.9. The molecular formula is C11H17N3O3. The van der Waals surface area contributed by atoms with E-state index < -0.39 is 0 Å². The van der Waals surface area contributed by atoms with Gasteiger partial charge in [-0.3, -0.25) is 9.89 Å². The molecule has 17 heavy (non-hydrogen) atoms. The van der Waals surface area contributed by atoms with Crippen molar-refractivity contribution >= 4 is 6.09 Å². The molecule has 1 amide bonds. The van der Waals surface area contributed by atoms with Gasteiger partial charge in [-0.2, -0.15) is 0 Å². The maximum atomic E-state index is 11.7. The van der Waals surface area contributed by atoms with Crippen molar-refractivity contribution in [1.29, 1.82) is 0 Å². The lowest BCUT2D eigenvalue weighted by atomic mass is 10.1. The van der Waals surface area contributed by atoms with Crippen LogP contribution in [0.25, 0.3) is 0 Å². The number of ether oxygens (including phenoxy) is 1. The number of hydrogen-bond donors (Lipinski definition) is 2. The van der Waals surface area contributed by atoms with Gasteiger partial charge in [0.1, 0.15) is 0 Å². The summed E-state index contributed by atoms with van der Waals surface area (Å²) in [5.74, 6) is 0.315. The predicted molar refractivity (Wildman–Crippen MR) is 61.7 cm³/mol. The Kier molecular flexibility index (Phi) is 3.21. The summed E-state index contributed by atoms with van der Waals surface area (Å²) < 4.78 is 5.14. The van der Waals surface area contributed by atoms with Crippen molar-refractivity contribution in [2.45, 2.75) is 26.8 Å². The molecule has 94 valence electrons. The van der Waals surface area contributed by atoms with Crippen LogP contribution in [0.3, 0.4) is 0 Å². The van der Waals surface area contributed by atoms with Crippen molar-refractivity contribution < 1.29 is 9.53 Å². The van der Waals surface area contributed by atoms with Crippen molar-refractivity contribution in [3.05, 3.63) is 21.6 Å². The SMILES string of the molecule is CC(C)COC(=O)N1CCc2[nH][nH]c(=O)c2C1. The van der Waals surface area contributed by atoms with Crippen LogP contribution >= 0.6 is 0 Å². The quantitative estimate of drug-likeness (QED) is 0.803. The number of rotatable bonds is 2. The number of nitrogens with one attached hydrogen (secondary N) is 2. The van der Waals surface area contributed by atoms with Gasteiger partial charge in [0.15, 0.2) is 0 Å². The standard InChI is InChI=1S/C11H17N3O3/c1-7(2)6-17-11(16)14-4-3-9-8(5-14)10(15)13-12-9/h7H,3-6H2,1-2H3,(H2,12,13,15). The van der Waals surface area contributed by atoms with Gasteiger partial charge in [0, 0.05) is 18.7 Å². The molecule has 0 radical (unpaired) electrons. The molecule has 6 nitrogen and oxygen atoms in total. The minimum atomic E-state index is -0.343. The summed E-state index contributed by atoms with van der Waals surface area (Å²) >= 11 is 0. The monoisotopic (exact) mass is 239 g/mol. The summed E-state index contributed by atoms with van der Waals surface area (Å²) in [5.41, 5.74) is 1.38. The molecule has 0 aromatic carbocycles. The highest BCUT2D eigenvalue weighted by Crippen LogP contribution is 2.14. The number of H-pyrrole nitrogens is 2. The average Bonchev–Trinajstić information content (AvgIpc) is 2.67. The number of carbonyl (C=O) groups excluding carboxylic acids is 1. The van der Waals surface area contributed by atoms with Crippen LogP contribution < -0.4 is 5.56 Å². The average molecular weight is 239 g/mol. The fourth-order valence-corrected chi connectivity index (χ4v) is 1.80. The van der Waals surface area contributed by atoms with Gasteiger partial charge in [-0.15, -0.1) is 0 Å². The van der Waals surface area contributed by atoms with Gasteiger partial charge in [0.25, 0.3) is 5.56 Å². The van der Waals surface area contributed by atoms with Crippen molar-refractivity contribution in [2.24, 2.45) is 5.92 Å². The van der Waals surface area contributed by atoms with Crippen LogP contribution in [0.2, 0.25) is 0 Å². The molecule has 2 rings (SSSR count). The molecule has 0 aliphatic carbocycles. The second kappa shape index (κ2) is 4.65. The summed E-state index contributed by atoms with van der Waals surface area (Å²) in [6.07, 6.45) is 0.315. The molecule has 0 unspecified atom stereocenters. The van der Waals surface area contributed by atoms with E-state index in [-0.39, 0.29) is 11.7 Å². The number of aromatic amines is 2. The van der Waals surface area contributed by atoms with Gasteiger partial charge in [-0.25, -0.2) is 4.79 Å². The Labute approximate surface area is 98.9 Å². The zero-order valence-corrected chi connectivity index (χ0v) is 10.1. The second-order valence-corrected chi connectivity index (χ2v) is 4.68. The van der Waals surface area contributed by atoms with Crippen LogP contribution in [0.1, 0.15) is 25.1 Å². The molecule has 0 fully saturated rings. The lowest BCUT2D eigenvalue weighted by Gasteiger charge is -2.25. The third kappa shape index (κ3) is 2.51. The lowest BCUT2D eigenvalue weighted by molar-refractivity contribution is 0.0877. The third-order valence-electron chi connectivity index (χ3n) is 2.74. The van der Waals surface area contributed by atoms with Gasteiger partial charge < -0.3 is 14.7 Å². The van der Waals surface area contributed by atoms with E-state index in [4.69, 9.17) is 4.74 Å². The van der Waals surface area contributed by atoms with Crippen LogP contribution in [-0.2, 0) is 17.7 Å². The van der Waals surface area contributed by atoms with Crippen LogP contribution in [-0.4, -0.2) is 34.3 Å². The molecule has 1 aromatic heterocycles. The van der Waals surface area contributed by atoms with Gasteiger partial charge in [-0.05, 0) is 5.92 Å². The maximum absolute atomic E-state index is 11.7. The molecule has 1 aromatic rings. The van der Waals surface area contributed by atoms with Gasteiger partial charge in [-0.1, -0.05) is 13.8 Å². The first kappa shape index (κ1) is 11.8. The largest absolute Gasteiger partial charge is 0.449 e. The number of hydrogen-bond acceptors (Lipinski definition) is 3. The molecule has 1 aliphatic heterocycles. The first-order chi connectivity index (χ1) is 8.08. The highest BCUT2D eigenvalue weighted by Gasteiger charge is 2.24.